The highest BCUT2D eigenvalue weighted by Crippen LogP contribution is 2.24. The van der Waals surface area contributed by atoms with Crippen molar-refractivity contribution in [2.75, 3.05) is 6.61 Å². The molecular weight excluding hydrogens is 184 g/mol. The van der Waals surface area contributed by atoms with Crippen molar-refractivity contribution in [1.29, 1.82) is 0 Å². The molecule has 1 heteroatoms. The lowest BCUT2D eigenvalue weighted by atomic mass is 9.89. The smallest absolute Gasteiger partial charge is 0.0598 e. The monoisotopic (exact) mass is 212 g/mol. The van der Waals surface area contributed by atoms with Crippen molar-refractivity contribution in [2.24, 2.45) is 11.3 Å². The maximum absolute atomic E-state index is 5.82. The predicted molar refractivity (Wildman–Crippen MR) is 68.1 cm³/mol. The third-order valence-corrected chi connectivity index (χ3v) is 2.09. The Morgan fingerprint density at radius 3 is 2.00 bits per heavy atom. The van der Waals surface area contributed by atoms with Crippen LogP contribution < -0.4 is 0 Å². The molecule has 0 aliphatic carbocycles. The zero-order valence-electron chi connectivity index (χ0n) is 11.6. The Labute approximate surface area is 95.9 Å². The fourth-order valence-electron chi connectivity index (χ4n) is 1.13. The molecule has 0 aliphatic heterocycles. The molecule has 0 amide bonds. The van der Waals surface area contributed by atoms with Gasteiger partial charge in [-0.25, -0.2) is 0 Å². The van der Waals surface area contributed by atoms with Crippen LogP contribution in [0, 0.1) is 11.3 Å². The summed E-state index contributed by atoms with van der Waals surface area (Å²) < 4.78 is 5.82. The molecule has 0 rings (SSSR count). The van der Waals surface area contributed by atoms with E-state index in [4.69, 9.17) is 4.74 Å². The molecule has 1 nitrogen and oxygen atoms in total. The summed E-state index contributed by atoms with van der Waals surface area (Å²) in [5.74, 6) is 0.643. The summed E-state index contributed by atoms with van der Waals surface area (Å²) in [6.45, 7) is 16.0. The first kappa shape index (κ1) is 14.7. The molecule has 0 aromatic heterocycles. The van der Waals surface area contributed by atoms with E-state index in [1.165, 1.54) is 0 Å². The topological polar surface area (TPSA) is 9.23 Å². The van der Waals surface area contributed by atoms with Crippen molar-refractivity contribution < 1.29 is 4.74 Å². The lowest BCUT2D eigenvalue weighted by Crippen LogP contribution is -2.27. The van der Waals surface area contributed by atoms with Crippen LogP contribution in [0.5, 0.6) is 0 Å². The normalized spacial score (nSPS) is 14.1. The molecule has 0 atom stereocenters. The third-order valence-electron chi connectivity index (χ3n) is 2.09. The minimum atomic E-state index is -0.0287. The molecule has 0 heterocycles. The Morgan fingerprint density at radius 2 is 1.60 bits per heavy atom. The first-order valence-corrected chi connectivity index (χ1v) is 5.93. The Hall–Kier alpha value is -0.300. The van der Waals surface area contributed by atoms with Crippen molar-refractivity contribution in [3.05, 3.63) is 12.2 Å². The van der Waals surface area contributed by atoms with Gasteiger partial charge >= 0.3 is 0 Å². The van der Waals surface area contributed by atoms with E-state index < -0.39 is 0 Å². The summed E-state index contributed by atoms with van der Waals surface area (Å²) in [5.41, 5.74) is 0.206. The largest absolute Gasteiger partial charge is 0.375 e. The minimum Gasteiger partial charge on any atom is -0.375 e. The van der Waals surface area contributed by atoms with E-state index in [1.54, 1.807) is 0 Å². The van der Waals surface area contributed by atoms with Gasteiger partial charge in [0.15, 0.2) is 0 Å². The van der Waals surface area contributed by atoms with E-state index in [1.807, 2.05) is 0 Å². The summed E-state index contributed by atoms with van der Waals surface area (Å²) in [5, 5.41) is 0. The average molecular weight is 212 g/mol. The van der Waals surface area contributed by atoms with Crippen LogP contribution in [0.2, 0.25) is 0 Å². The van der Waals surface area contributed by atoms with E-state index >= 15 is 0 Å². The molecule has 15 heavy (non-hydrogen) atoms. The van der Waals surface area contributed by atoms with Gasteiger partial charge in [-0.3, -0.25) is 0 Å². The number of allylic oxidation sites excluding steroid dienone is 2. The highest BCUT2D eigenvalue weighted by atomic mass is 16.5. The third kappa shape index (κ3) is 9.99. The first-order chi connectivity index (χ1) is 6.62. The lowest BCUT2D eigenvalue weighted by Gasteiger charge is -2.28. The fourth-order valence-corrected chi connectivity index (χ4v) is 1.13. The summed E-state index contributed by atoms with van der Waals surface area (Å²) >= 11 is 0. The van der Waals surface area contributed by atoms with Gasteiger partial charge < -0.3 is 4.74 Å². The van der Waals surface area contributed by atoms with Crippen molar-refractivity contribution in [2.45, 2.75) is 60.5 Å². The summed E-state index contributed by atoms with van der Waals surface area (Å²) in [6, 6.07) is 0. The van der Waals surface area contributed by atoms with Crippen LogP contribution in [0.4, 0.5) is 0 Å². The van der Waals surface area contributed by atoms with Crippen LogP contribution >= 0.6 is 0 Å². The molecule has 0 N–H and O–H groups in total. The summed E-state index contributed by atoms with van der Waals surface area (Å²) in [7, 11) is 0. The molecule has 0 unspecified atom stereocenters. The van der Waals surface area contributed by atoms with E-state index in [0.717, 1.165) is 13.0 Å². The number of ether oxygens (including phenoxy) is 1. The number of rotatable bonds is 5. The minimum absolute atomic E-state index is 0.0287. The van der Waals surface area contributed by atoms with Gasteiger partial charge in [-0.1, -0.05) is 39.8 Å². The second-order valence-electron chi connectivity index (χ2n) is 6.44. The molecule has 0 aromatic rings. The Kier molecular flexibility index (Phi) is 5.58. The predicted octanol–water partition coefficient (Wildman–Crippen LogP) is 4.43. The highest BCUT2D eigenvalue weighted by Gasteiger charge is 2.20. The van der Waals surface area contributed by atoms with Crippen molar-refractivity contribution in [1.82, 2.24) is 0 Å². The molecule has 0 radical (unpaired) electrons. The fraction of sp³-hybridized carbons (Fsp3) is 0.857. The Bertz CT molecular complexity index is 194. The maximum Gasteiger partial charge on any atom is 0.0598 e. The SMILES string of the molecule is CC(C)/C=C/CC(C)(C)COC(C)(C)C. The van der Waals surface area contributed by atoms with Crippen LogP contribution in [0.25, 0.3) is 0 Å². The Morgan fingerprint density at radius 1 is 1.07 bits per heavy atom. The second-order valence-corrected chi connectivity index (χ2v) is 6.44. The van der Waals surface area contributed by atoms with Crippen molar-refractivity contribution in [3.8, 4) is 0 Å². The van der Waals surface area contributed by atoms with Crippen LogP contribution in [0.3, 0.4) is 0 Å². The van der Waals surface area contributed by atoms with Crippen LogP contribution in [0.15, 0.2) is 12.2 Å². The molecule has 0 aliphatic rings. The number of hydrogen-bond acceptors (Lipinski definition) is 1. The van der Waals surface area contributed by atoms with E-state index in [9.17, 15) is 0 Å². The van der Waals surface area contributed by atoms with Crippen LogP contribution in [-0.4, -0.2) is 12.2 Å². The van der Waals surface area contributed by atoms with Gasteiger partial charge in [0.05, 0.1) is 12.2 Å². The molecule has 0 fully saturated rings. The highest BCUT2D eigenvalue weighted by molar-refractivity contribution is 4.89. The van der Waals surface area contributed by atoms with E-state index in [-0.39, 0.29) is 11.0 Å². The van der Waals surface area contributed by atoms with Gasteiger partial charge in [-0.2, -0.15) is 0 Å². The summed E-state index contributed by atoms with van der Waals surface area (Å²) in [4.78, 5) is 0. The quantitative estimate of drug-likeness (QED) is 0.613. The molecule has 0 bridgehead atoms. The standard InChI is InChI=1S/C14H28O/c1-12(2)9-8-10-14(6,7)11-15-13(3,4)5/h8-9,12H,10-11H2,1-7H3/b9-8+. The molecular formula is C14H28O. The first-order valence-electron chi connectivity index (χ1n) is 5.93. The van der Waals surface area contributed by atoms with Gasteiger partial charge in [0.2, 0.25) is 0 Å². The molecule has 0 aromatic carbocycles. The van der Waals surface area contributed by atoms with Gasteiger partial charge in [0.1, 0.15) is 0 Å². The average Bonchev–Trinajstić information content (AvgIpc) is 1.99. The van der Waals surface area contributed by atoms with Gasteiger partial charge in [0.25, 0.3) is 0 Å². The van der Waals surface area contributed by atoms with Crippen LogP contribution in [-0.2, 0) is 4.74 Å². The van der Waals surface area contributed by atoms with E-state index in [0.29, 0.717) is 5.92 Å². The van der Waals surface area contributed by atoms with Crippen molar-refractivity contribution in [3.63, 3.8) is 0 Å². The summed E-state index contributed by atoms with van der Waals surface area (Å²) in [6.07, 6.45) is 5.62. The molecule has 90 valence electrons. The van der Waals surface area contributed by atoms with Crippen LogP contribution in [0.1, 0.15) is 54.9 Å². The van der Waals surface area contributed by atoms with Gasteiger partial charge in [0, 0.05) is 0 Å². The zero-order chi connectivity index (χ0) is 12.1. The molecule has 0 saturated heterocycles. The lowest BCUT2D eigenvalue weighted by molar-refractivity contribution is -0.0421. The van der Waals surface area contributed by atoms with Crippen molar-refractivity contribution >= 4 is 0 Å². The number of hydrogen-bond donors (Lipinski definition) is 0. The maximum atomic E-state index is 5.82. The zero-order valence-corrected chi connectivity index (χ0v) is 11.6. The molecule has 0 saturated carbocycles. The van der Waals surface area contributed by atoms with Gasteiger partial charge in [-0.15, -0.1) is 0 Å². The van der Waals surface area contributed by atoms with E-state index in [2.05, 4.69) is 60.6 Å². The molecule has 0 spiro atoms. The van der Waals surface area contributed by atoms with Gasteiger partial charge in [-0.05, 0) is 38.5 Å². The Balaban J connectivity index is 3.97. The second kappa shape index (κ2) is 5.69.